The summed E-state index contributed by atoms with van der Waals surface area (Å²) >= 11 is 0. The number of carboxylic acid groups (broad SMARTS) is 1. The second-order valence-corrected chi connectivity index (χ2v) is 3.71. The molecule has 1 aromatic carbocycles. The molecule has 0 aliphatic carbocycles. The molecule has 0 spiro atoms. The lowest BCUT2D eigenvalue weighted by molar-refractivity contribution is -0.145. The minimum Gasteiger partial charge on any atom is -0.479 e. The summed E-state index contributed by atoms with van der Waals surface area (Å²) in [4.78, 5) is 10.7. The number of aliphatic hydroxyl groups excluding tert-OH is 1. The van der Waals surface area contributed by atoms with Gasteiger partial charge in [0.25, 0.3) is 0 Å². The van der Waals surface area contributed by atoms with Crippen molar-refractivity contribution in [2.24, 2.45) is 0 Å². The van der Waals surface area contributed by atoms with Crippen molar-refractivity contribution in [1.29, 1.82) is 0 Å². The summed E-state index contributed by atoms with van der Waals surface area (Å²) in [6, 6.07) is 3.90. The van der Waals surface area contributed by atoms with Gasteiger partial charge in [0.05, 0.1) is 6.10 Å². The SMILES string of the molecule is CCC(Oc1ccc([C@@H](C)O)c(F)c1)C(=O)O. The van der Waals surface area contributed by atoms with Gasteiger partial charge in [-0.25, -0.2) is 9.18 Å². The first-order valence-electron chi connectivity index (χ1n) is 5.32. The van der Waals surface area contributed by atoms with E-state index >= 15 is 0 Å². The van der Waals surface area contributed by atoms with Crippen LogP contribution in [0.3, 0.4) is 0 Å². The first-order valence-corrected chi connectivity index (χ1v) is 5.32. The zero-order valence-electron chi connectivity index (χ0n) is 9.68. The highest BCUT2D eigenvalue weighted by atomic mass is 19.1. The van der Waals surface area contributed by atoms with Crippen LogP contribution in [-0.2, 0) is 4.79 Å². The smallest absolute Gasteiger partial charge is 0.344 e. The molecule has 0 fully saturated rings. The average Bonchev–Trinajstić information content (AvgIpc) is 2.24. The lowest BCUT2D eigenvalue weighted by Crippen LogP contribution is -2.25. The molecule has 1 rings (SSSR count). The van der Waals surface area contributed by atoms with Crippen LogP contribution >= 0.6 is 0 Å². The summed E-state index contributed by atoms with van der Waals surface area (Å²) < 4.78 is 18.6. The third kappa shape index (κ3) is 3.42. The van der Waals surface area contributed by atoms with Gasteiger partial charge in [-0.3, -0.25) is 0 Å². The molecular weight excluding hydrogens is 227 g/mol. The molecule has 0 aromatic heterocycles. The summed E-state index contributed by atoms with van der Waals surface area (Å²) in [5, 5.41) is 18.0. The predicted octanol–water partition coefficient (Wildman–Crippen LogP) is 2.12. The van der Waals surface area contributed by atoms with Crippen molar-refractivity contribution in [3.63, 3.8) is 0 Å². The molecule has 5 heteroatoms. The Labute approximate surface area is 98.7 Å². The second kappa shape index (κ2) is 5.63. The summed E-state index contributed by atoms with van der Waals surface area (Å²) in [5.41, 5.74) is 0.153. The number of carboxylic acids is 1. The fourth-order valence-electron chi connectivity index (χ4n) is 1.39. The molecule has 2 N–H and O–H groups in total. The maximum Gasteiger partial charge on any atom is 0.344 e. The molecule has 17 heavy (non-hydrogen) atoms. The molecule has 0 radical (unpaired) electrons. The van der Waals surface area contributed by atoms with Crippen molar-refractivity contribution in [2.75, 3.05) is 0 Å². The van der Waals surface area contributed by atoms with Gasteiger partial charge in [-0.1, -0.05) is 6.92 Å². The molecule has 0 saturated carbocycles. The van der Waals surface area contributed by atoms with Crippen molar-refractivity contribution < 1.29 is 24.1 Å². The van der Waals surface area contributed by atoms with E-state index in [0.29, 0.717) is 0 Å². The van der Waals surface area contributed by atoms with Crippen molar-refractivity contribution in [1.82, 2.24) is 0 Å². The number of ether oxygens (including phenoxy) is 1. The van der Waals surface area contributed by atoms with Crippen LogP contribution in [0.2, 0.25) is 0 Å². The van der Waals surface area contributed by atoms with E-state index in [4.69, 9.17) is 9.84 Å². The second-order valence-electron chi connectivity index (χ2n) is 3.71. The zero-order valence-corrected chi connectivity index (χ0v) is 9.68. The van der Waals surface area contributed by atoms with Gasteiger partial charge in [0.2, 0.25) is 0 Å². The highest BCUT2D eigenvalue weighted by molar-refractivity contribution is 5.72. The van der Waals surface area contributed by atoms with Gasteiger partial charge in [-0.15, -0.1) is 0 Å². The van der Waals surface area contributed by atoms with E-state index < -0.39 is 24.0 Å². The Morgan fingerprint density at radius 2 is 2.18 bits per heavy atom. The lowest BCUT2D eigenvalue weighted by Gasteiger charge is -2.14. The number of aliphatic carboxylic acids is 1. The van der Waals surface area contributed by atoms with Crippen LogP contribution in [0.1, 0.15) is 31.9 Å². The maximum atomic E-state index is 13.5. The summed E-state index contributed by atoms with van der Waals surface area (Å²) in [6.45, 7) is 3.12. The topological polar surface area (TPSA) is 66.8 Å². The molecule has 0 aliphatic rings. The number of hydrogen-bond acceptors (Lipinski definition) is 3. The maximum absolute atomic E-state index is 13.5. The number of aliphatic hydroxyl groups is 1. The van der Waals surface area contributed by atoms with E-state index in [1.807, 2.05) is 0 Å². The Bertz CT molecular complexity index is 403. The van der Waals surface area contributed by atoms with E-state index in [2.05, 4.69) is 0 Å². The van der Waals surface area contributed by atoms with Crippen molar-refractivity contribution >= 4 is 5.97 Å². The lowest BCUT2D eigenvalue weighted by atomic mass is 10.1. The van der Waals surface area contributed by atoms with E-state index in [0.717, 1.165) is 6.07 Å². The van der Waals surface area contributed by atoms with Crippen LogP contribution in [0.25, 0.3) is 0 Å². The summed E-state index contributed by atoms with van der Waals surface area (Å²) in [7, 11) is 0. The zero-order chi connectivity index (χ0) is 13.0. The van der Waals surface area contributed by atoms with Crippen LogP contribution < -0.4 is 4.74 Å². The first kappa shape index (κ1) is 13.4. The Hall–Kier alpha value is -1.62. The number of rotatable bonds is 5. The van der Waals surface area contributed by atoms with Gasteiger partial charge in [0.15, 0.2) is 6.10 Å². The molecule has 4 nitrogen and oxygen atoms in total. The van der Waals surface area contributed by atoms with Gasteiger partial charge < -0.3 is 14.9 Å². The highest BCUT2D eigenvalue weighted by Gasteiger charge is 2.17. The summed E-state index contributed by atoms with van der Waals surface area (Å²) in [6.07, 6.45) is -1.62. The molecule has 1 unspecified atom stereocenters. The molecule has 0 heterocycles. The van der Waals surface area contributed by atoms with Crippen LogP contribution in [0, 0.1) is 5.82 Å². The van der Waals surface area contributed by atoms with Gasteiger partial charge >= 0.3 is 5.97 Å². The number of carbonyl (C=O) groups is 1. The molecule has 0 saturated heterocycles. The minimum absolute atomic E-state index is 0.140. The molecule has 0 amide bonds. The largest absolute Gasteiger partial charge is 0.479 e. The molecule has 0 bridgehead atoms. The standard InChI is InChI=1S/C12H15FO4/c1-3-11(12(15)16)17-8-4-5-9(7(2)14)10(13)6-8/h4-7,11,14H,3H2,1-2H3,(H,15,16)/t7-,11?/m1/s1. The van der Waals surface area contributed by atoms with Crippen LogP contribution in [0.4, 0.5) is 4.39 Å². The molecule has 94 valence electrons. The quantitative estimate of drug-likeness (QED) is 0.830. The number of halogens is 1. The minimum atomic E-state index is -1.09. The normalized spacial score (nSPS) is 14.1. The van der Waals surface area contributed by atoms with Gasteiger partial charge in [-0.05, 0) is 25.5 Å². The molecule has 2 atom stereocenters. The van der Waals surface area contributed by atoms with Gasteiger partial charge in [-0.2, -0.15) is 0 Å². The van der Waals surface area contributed by atoms with Crippen molar-refractivity contribution in [3.05, 3.63) is 29.6 Å². The predicted molar refractivity (Wildman–Crippen MR) is 59.4 cm³/mol. The fourth-order valence-corrected chi connectivity index (χ4v) is 1.39. The van der Waals surface area contributed by atoms with Crippen LogP contribution in [0.5, 0.6) is 5.75 Å². The molecule has 0 aliphatic heterocycles. The molecule has 1 aromatic rings. The fraction of sp³-hybridized carbons (Fsp3) is 0.417. The van der Waals surface area contributed by atoms with Crippen LogP contribution in [-0.4, -0.2) is 22.3 Å². The van der Waals surface area contributed by atoms with Gasteiger partial charge in [0.1, 0.15) is 11.6 Å². The monoisotopic (exact) mass is 242 g/mol. The van der Waals surface area contributed by atoms with E-state index in [1.54, 1.807) is 6.92 Å². The third-order valence-corrected chi connectivity index (χ3v) is 2.35. The number of benzene rings is 1. The average molecular weight is 242 g/mol. The van der Waals surface area contributed by atoms with E-state index in [1.165, 1.54) is 19.1 Å². The Balaban J connectivity index is 2.87. The van der Waals surface area contributed by atoms with E-state index in [9.17, 15) is 14.3 Å². The Kier molecular flexibility index (Phi) is 4.45. The van der Waals surface area contributed by atoms with Crippen molar-refractivity contribution in [3.8, 4) is 5.75 Å². The summed E-state index contributed by atoms with van der Waals surface area (Å²) in [5.74, 6) is -1.56. The van der Waals surface area contributed by atoms with E-state index in [-0.39, 0.29) is 17.7 Å². The Morgan fingerprint density at radius 3 is 2.59 bits per heavy atom. The third-order valence-electron chi connectivity index (χ3n) is 2.35. The Morgan fingerprint density at radius 1 is 1.53 bits per heavy atom. The first-order chi connectivity index (χ1) is 7.95. The van der Waals surface area contributed by atoms with Gasteiger partial charge in [0, 0.05) is 11.6 Å². The molecular formula is C12H15FO4. The number of hydrogen-bond donors (Lipinski definition) is 2. The van der Waals surface area contributed by atoms with Crippen LogP contribution in [0.15, 0.2) is 18.2 Å². The highest BCUT2D eigenvalue weighted by Crippen LogP contribution is 2.22. The van der Waals surface area contributed by atoms with Crippen molar-refractivity contribution in [2.45, 2.75) is 32.5 Å².